The van der Waals surface area contributed by atoms with Crippen LogP contribution in [-0.2, 0) is 20.0 Å². The molecule has 6 heteroatoms. The summed E-state index contributed by atoms with van der Waals surface area (Å²) in [5.41, 5.74) is 2.28. The molecule has 0 spiro atoms. The Morgan fingerprint density at radius 3 is 2.58 bits per heavy atom. The Morgan fingerprint density at radius 1 is 1.15 bits per heavy atom. The van der Waals surface area contributed by atoms with Crippen molar-refractivity contribution in [3.63, 3.8) is 0 Å². The lowest BCUT2D eigenvalue weighted by molar-refractivity contribution is 0.0941. The highest BCUT2D eigenvalue weighted by molar-refractivity contribution is 5.92. The second-order valence-electron chi connectivity index (χ2n) is 5.89. The molecule has 0 saturated carbocycles. The maximum atomic E-state index is 13.2. The topological polar surface area (TPSA) is 56.1 Å². The van der Waals surface area contributed by atoms with E-state index in [0.717, 1.165) is 17.7 Å². The Balaban J connectivity index is 1.65. The maximum Gasteiger partial charge on any atom is 0.269 e. The first kappa shape index (κ1) is 17.7. The minimum Gasteiger partial charge on any atom is -0.457 e. The Labute approximate surface area is 151 Å². The van der Waals surface area contributed by atoms with Gasteiger partial charge in [0.05, 0.1) is 5.69 Å². The minimum absolute atomic E-state index is 0.184. The quantitative estimate of drug-likeness (QED) is 0.732. The predicted molar refractivity (Wildman–Crippen MR) is 96.7 cm³/mol. The number of aryl methyl sites for hydroxylation is 2. The van der Waals surface area contributed by atoms with E-state index < -0.39 is 0 Å². The Kier molecular flexibility index (Phi) is 5.31. The van der Waals surface area contributed by atoms with E-state index in [-0.39, 0.29) is 11.7 Å². The maximum absolute atomic E-state index is 13.2. The third-order valence-corrected chi connectivity index (χ3v) is 3.91. The van der Waals surface area contributed by atoms with E-state index in [4.69, 9.17) is 4.74 Å². The lowest BCUT2D eigenvalue weighted by Gasteiger charge is -2.09. The normalized spacial score (nSPS) is 10.6. The molecule has 134 valence electrons. The third-order valence-electron chi connectivity index (χ3n) is 3.91. The largest absolute Gasteiger partial charge is 0.457 e. The van der Waals surface area contributed by atoms with Crippen molar-refractivity contribution in [2.24, 2.45) is 7.05 Å². The molecule has 0 fully saturated rings. The molecule has 0 saturated heterocycles. The second-order valence-corrected chi connectivity index (χ2v) is 5.89. The lowest BCUT2D eigenvalue weighted by atomic mass is 10.2. The summed E-state index contributed by atoms with van der Waals surface area (Å²) in [5.74, 6) is 0.467. The van der Waals surface area contributed by atoms with Crippen molar-refractivity contribution in [3.05, 3.63) is 77.4 Å². The van der Waals surface area contributed by atoms with Gasteiger partial charge in [-0.15, -0.1) is 0 Å². The molecule has 0 aliphatic heterocycles. The fourth-order valence-corrected chi connectivity index (χ4v) is 2.57. The summed E-state index contributed by atoms with van der Waals surface area (Å²) < 4.78 is 20.5. The van der Waals surface area contributed by atoms with Crippen molar-refractivity contribution < 1.29 is 13.9 Å². The zero-order valence-corrected chi connectivity index (χ0v) is 14.7. The van der Waals surface area contributed by atoms with Crippen LogP contribution in [0.4, 0.5) is 4.39 Å². The molecule has 26 heavy (non-hydrogen) atoms. The molecule has 3 rings (SSSR count). The monoisotopic (exact) mass is 353 g/mol. The lowest BCUT2D eigenvalue weighted by Crippen LogP contribution is -2.25. The first-order valence-corrected chi connectivity index (χ1v) is 8.38. The van der Waals surface area contributed by atoms with Crippen LogP contribution in [0, 0.1) is 5.82 Å². The average Bonchev–Trinajstić information content (AvgIpc) is 3.01. The molecular formula is C20H20FN3O2. The van der Waals surface area contributed by atoms with Crippen LogP contribution in [0.5, 0.6) is 11.5 Å². The molecular weight excluding hydrogens is 333 g/mol. The summed E-state index contributed by atoms with van der Waals surface area (Å²) in [5, 5.41) is 7.16. The number of nitrogens with one attached hydrogen (secondary N) is 1. The number of aromatic nitrogens is 2. The number of rotatable bonds is 6. The molecule has 1 N–H and O–H groups in total. The third kappa shape index (κ3) is 4.27. The van der Waals surface area contributed by atoms with Crippen molar-refractivity contribution in [3.8, 4) is 11.5 Å². The number of amides is 1. The van der Waals surface area contributed by atoms with Crippen LogP contribution < -0.4 is 10.1 Å². The molecule has 5 nitrogen and oxygen atoms in total. The Hall–Kier alpha value is -3.15. The summed E-state index contributed by atoms with van der Waals surface area (Å²) >= 11 is 0. The molecule has 1 heterocycles. The van der Waals surface area contributed by atoms with Gasteiger partial charge in [0.2, 0.25) is 0 Å². The van der Waals surface area contributed by atoms with E-state index in [9.17, 15) is 9.18 Å². The van der Waals surface area contributed by atoms with Gasteiger partial charge in [0.1, 0.15) is 23.0 Å². The van der Waals surface area contributed by atoms with Crippen LogP contribution in [0.15, 0.2) is 54.6 Å². The van der Waals surface area contributed by atoms with E-state index >= 15 is 0 Å². The smallest absolute Gasteiger partial charge is 0.269 e. The average molecular weight is 353 g/mol. The van der Waals surface area contributed by atoms with Crippen molar-refractivity contribution in [2.45, 2.75) is 19.9 Å². The van der Waals surface area contributed by atoms with Crippen LogP contribution in [0.2, 0.25) is 0 Å². The Bertz CT molecular complexity index is 921. The van der Waals surface area contributed by atoms with Crippen molar-refractivity contribution in [2.75, 3.05) is 0 Å². The molecule has 0 radical (unpaired) electrons. The van der Waals surface area contributed by atoms with Crippen LogP contribution in [0.25, 0.3) is 0 Å². The molecule has 0 atom stereocenters. The number of nitrogens with zero attached hydrogens (tertiary/aromatic N) is 2. The fraction of sp³-hybridized carbons (Fsp3) is 0.200. The number of carbonyl (C=O) groups is 1. The summed E-state index contributed by atoms with van der Waals surface area (Å²) in [6, 6.07) is 15.1. The molecule has 2 aromatic carbocycles. The van der Waals surface area contributed by atoms with Gasteiger partial charge in [-0.05, 0) is 42.3 Å². The van der Waals surface area contributed by atoms with Crippen LogP contribution in [0.3, 0.4) is 0 Å². The summed E-state index contributed by atoms with van der Waals surface area (Å²) in [7, 11) is 1.75. The van der Waals surface area contributed by atoms with Crippen LogP contribution in [-0.4, -0.2) is 15.7 Å². The molecule has 3 aromatic rings. The predicted octanol–water partition coefficient (Wildman–Crippen LogP) is 3.84. The summed E-state index contributed by atoms with van der Waals surface area (Å²) in [6.07, 6.45) is 0.778. The molecule has 0 aliphatic rings. The van der Waals surface area contributed by atoms with Crippen LogP contribution >= 0.6 is 0 Å². The van der Waals surface area contributed by atoms with Gasteiger partial charge in [-0.1, -0.05) is 25.1 Å². The molecule has 0 aliphatic carbocycles. The minimum atomic E-state index is -0.353. The SMILES string of the molecule is CCc1cc(C(=O)NCc2cccc(Oc3cccc(F)c3)c2)n(C)n1. The van der Waals surface area contributed by atoms with Crippen LogP contribution in [0.1, 0.15) is 28.7 Å². The standard InChI is InChI=1S/C20H20FN3O2/c1-3-16-12-19(24(2)23-16)20(25)22-13-14-6-4-8-17(10-14)26-18-9-5-7-15(21)11-18/h4-12H,3,13H2,1-2H3,(H,22,25). The number of hydrogen-bond acceptors (Lipinski definition) is 3. The second kappa shape index (κ2) is 7.82. The molecule has 1 amide bonds. The molecule has 0 bridgehead atoms. The number of carbonyl (C=O) groups excluding carboxylic acids is 1. The van der Waals surface area contributed by atoms with Crippen molar-refractivity contribution >= 4 is 5.91 Å². The number of hydrogen-bond donors (Lipinski definition) is 1. The number of benzene rings is 2. The van der Waals surface area contributed by atoms with Gasteiger partial charge in [0, 0.05) is 19.7 Å². The first-order chi connectivity index (χ1) is 12.5. The molecule has 1 aromatic heterocycles. The highest BCUT2D eigenvalue weighted by Crippen LogP contribution is 2.22. The number of halogens is 1. The Morgan fingerprint density at radius 2 is 1.88 bits per heavy atom. The zero-order valence-electron chi connectivity index (χ0n) is 14.7. The summed E-state index contributed by atoms with van der Waals surface area (Å²) in [6.45, 7) is 2.35. The van der Waals surface area contributed by atoms with Gasteiger partial charge in [-0.25, -0.2) is 4.39 Å². The zero-order chi connectivity index (χ0) is 18.5. The summed E-state index contributed by atoms with van der Waals surface area (Å²) in [4.78, 5) is 12.3. The van der Waals surface area contributed by atoms with E-state index in [0.29, 0.717) is 23.7 Å². The van der Waals surface area contributed by atoms with Gasteiger partial charge in [0.25, 0.3) is 5.91 Å². The number of ether oxygens (including phenoxy) is 1. The highest BCUT2D eigenvalue weighted by atomic mass is 19.1. The fourth-order valence-electron chi connectivity index (χ4n) is 2.57. The van der Waals surface area contributed by atoms with Crippen molar-refractivity contribution in [1.82, 2.24) is 15.1 Å². The van der Waals surface area contributed by atoms with Gasteiger partial charge >= 0.3 is 0 Å². The highest BCUT2D eigenvalue weighted by Gasteiger charge is 2.12. The van der Waals surface area contributed by atoms with Gasteiger partial charge in [-0.3, -0.25) is 9.48 Å². The van der Waals surface area contributed by atoms with Crippen molar-refractivity contribution in [1.29, 1.82) is 0 Å². The van der Waals surface area contributed by atoms with Gasteiger partial charge in [-0.2, -0.15) is 5.10 Å². The van der Waals surface area contributed by atoms with E-state index in [1.807, 2.05) is 25.1 Å². The molecule has 0 unspecified atom stereocenters. The van der Waals surface area contributed by atoms with Gasteiger partial charge < -0.3 is 10.1 Å². The van der Waals surface area contributed by atoms with E-state index in [1.54, 1.807) is 36.0 Å². The van der Waals surface area contributed by atoms with E-state index in [2.05, 4.69) is 10.4 Å². The van der Waals surface area contributed by atoms with E-state index in [1.165, 1.54) is 12.1 Å². The van der Waals surface area contributed by atoms with Gasteiger partial charge in [0.15, 0.2) is 0 Å². The first-order valence-electron chi connectivity index (χ1n) is 8.38.